The fraction of sp³-hybridized carbons (Fsp3) is 0.833. The predicted molar refractivity (Wildman–Crippen MR) is 34.4 cm³/mol. The SMILES string of the molecule is O=C(CCCO)OCCO. The highest BCUT2D eigenvalue weighted by atomic mass is 16.5. The van der Waals surface area contributed by atoms with E-state index in [0.29, 0.717) is 6.42 Å². The van der Waals surface area contributed by atoms with E-state index < -0.39 is 0 Å². The van der Waals surface area contributed by atoms with Gasteiger partial charge in [0.15, 0.2) is 0 Å². The first-order chi connectivity index (χ1) is 4.81. The van der Waals surface area contributed by atoms with Crippen LogP contribution in [0.4, 0.5) is 0 Å². The molecular weight excluding hydrogens is 136 g/mol. The Hall–Kier alpha value is -0.610. The monoisotopic (exact) mass is 148 g/mol. The topological polar surface area (TPSA) is 66.8 Å². The quantitative estimate of drug-likeness (QED) is 0.506. The molecule has 0 saturated carbocycles. The molecular formula is C6H12O4. The lowest BCUT2D eigenvalue weighted by Gasteiger charge is -1.99. The van der Waals surface area contributed by atoms with E-state index in [4.69, 9.17) is 10.2 Å². The molecule has 0 heterocycles. The maximum absolute atomic E-state index is 10.5. The van der Waals surface area contributed by atoms with E-state index in [0.717, 1.165) is 0 Å². The Bertz CT molecular complexity index is 81.7. The van der Waals surface area contributed by atoms with Crippen LogP contribution in [0, 0.1) is 0 Å². The van der Waals surface area contributed by atoms with Crippen molar-refractivity contribution in [3.05, 3.63) is 0 Å². The first-order valence-electron chi connectivity index (χ1n) is 3.18. The molecule has 0 aliphatic rings. The van der Waals surface area contributed by atoms with Crippen LogP contribution < -0.4 is 0 Å². The van der Waals surface area contributed by atoms with E-state index in [1.165, 1.54) is 0 Å². The van der Waals surface area contributed by atoms with E-state index in [2.05, 4.69) is 4.74 Å². The average molecular weight is 148 g/mol. The van der Waals surface area contributed by atoms with Crippen molar-refractivity contribution in [3.63, 3.8) is 0 Å². The standard InChI is InChI=1S/C6H12O4/c7-3-1-2-6(9)10-5-4-8/h7-8H,1-5H2. The highest BCUT2D eigenvalue weighted by Crippen LogP contribution is 1.90. The van der Waals surface area contributed by atoms with Crippen LogP contribution in [-0.2, 0) is 9.53 Å². The Balaban J connectivity index is 3.09. The third-order valence-corrected chi connectivity index (χ3v) is 0.893. The number of rotatable bonds is 5. The van der Waals surface area contributed by atoms with E-state index in [-0.39, 0.29) is 32.2 Å². The fourth-order valence-electron chi connectivity index (χ4n) is 0.455. The average Bonchev–Trinajstić information content (AvgIpc) is 1.97. The predicted octanol–water partition coefficient (Wildman–Crippen LogP) is -0.706. The van der Waals surface area contributed by atoms with Crippen molar-refractivity contribution >= 4 is 5.97 Å². The van der Waals surface area contributed by atoms with Crippen molar-refractivity contribution in [1.82, 2.24) is 0 Å². The highest BCUT2D eigenvalue weighted by Gasteiger charge is 1.99. The molecule has 0 rings (SSSR count). The minimum absolute atomic E-state index is 0.00573. The van der Waals surface area contributed by atoms with Gasteiger partial charge in [-0.1, -0.05) is 0 Å². The molecule has 0 fully saturated rings. The Morgan fingerprint density at radius 3 is 2.50 bits per heavy atom. The number of hydrogen-bond acceptors (Lipinski definition) is 4. The molecule has 60 valence electrons. The maximum Gasteiger partial charge on any atom is 0.305 e. The van der Waals surface area contributed by atoms with Gasteiger partial charge >= 0.3 is 5.97 Å². The largest absolute Gasteiger partial charge is 0.463 e. The summed E-state index contributed by atoms with van der Waals surface area (Å²) in [5.74, 6) is -0.372. The number of carbonyl (C=O) groups excluding carboxylic acids is 1. The zero-order valence-corrected chi connectivity index (χ0v) is 5.75. The molecule has 0 spiro atoms. The number of carbonyl (C=O) groups is 1. The molecule has 0 bridgehead atoms. The summed E-state index contributed by atoms with van der Waals surface area (Å²) in [6.45, 7) is -0.108. The molecule has 0 aliphatic carbocycles. The van der Waals surface area contributed by atoms with Crippen LogP contribution in [-0.4, -0.2) is 36.0 Å². The van der Waals surface area contributed by atoms with Gasteiger partial charge in [-0.15, -0.1) is 0 Å². The molecule has 0 saturated heterocycles. The Morgan fingerprint density at radius 1 is 1.30 bits per heavy atom. The second-order valence-corrected chi connectivity index (χ2v) is 1.77. The van der Waals surface area contributed by atoms with E-state index >= 15 is 0 Å². The lowest BCUT2D eigenvalue weighted by Crippen LogP contribution is -2.08. The minimum atomic E-state index is -0.372. The molecule has 0 aliphatic heterocycles. The molecule has 10 heavy (non-hydrogen) atoms. The second kappa shape index (κ2) is 6.51. The number of aliphatic hydroxyl groups is 2. The van der Waals surface area contributed by atoms with E-state index in [1.807, 2.05) is 0 Å². The summed E-state index contributed by atoms with van der Waals surface area (Å²) in [6.07, 6.45) is 0.640. The van der Waals surface area contributed by atoms with Crippen molar-refractivity contribution in [2.45, 2.75) is 12.8 Å². The maximum atomic E-state index is 10.5. The van der Waals surface area contributed by atoms with Gasteiger partial charge in [-0.3, -0.25) is 4.79 Å². The summed E-state index contributed by atoms with van der Waals surface area (Å²) in [5.41, 5.74) is 0. The van der Waals surface area contributed by atoms with Gasteiger partial charge in [-0.25, -0.2) is 0 Å². The first kappa shape index (κ1) is 9.39. The van der Waals surface area contributed by atoms with Gasteiger partial charge in [0, 0.05) is 13.0 Å². The highest BCUT2D eigenvalue weighted by molar-refractivity contribution is 5.69. The number of aliphatic hydroxyl groups excluding tert-OH is 2. The third kappa shape index (κ3) is 5.53. The number of hydrogen-bond donors (Lipinski definition) is 2. The summed E-state index contributed by atoms with van der Waals surface area (Å²) in [7, 11) is 0. The van der Waals surface area contributed by atoms with Gasteiger partial charge < -0.3 is 14.9 Å². The van der Waals surface area contributed by atoms with Crippen LogP contribution in [0.2, 0.25) is 0 Å². The zero-order chi connectivity index (χ0) is 7.82. The molecule has 0 radical (unpaired) electrons. The van der Waals surface area contributed by atoms with Gasteiger partial charge in [-0.05, 0) is 6.42 Å². The van der Waals surface area contributed by atoms with Crippen LogP contribution in [0.5, 0.6) is 0 Å². The minimum Gasteiger partial charge on any atom is -0.463 e. The molecule has 4 nitrogen and oxygen atoms in total. The van der Waals surface area contributed by atoms with Crippen molar-refractivity contribution in [3.8, 4) is 0 Å². The molecule has 0 amide bonds. The molecule has 0 aromatic heterocycles. The smallest absolute Gasteiger partial charge is 0.305 e. The van der Waals surface area contributed by atoms with Crippen LogP contribution in [0.25, 0.3) is 0 Å². The summed E-state index contributed by atoms with van der Waals surface area (Å²) in [4.78, 5) is 10.5. The van der Waals surface area contributed by atoms with Gasteiger partial charge in [0.05, 0.1) is 6.61 Å². The van der Waals surface area contributed by atoms with Crippen LogP contribution in [0.1, 0.15) is 12.8 Å². The first-order valence-corrected chi connectivity index (χ1v) is 3.18. The van der Waals surface area contributed by atoms with Crippen molar-refractivity contribution in [1.29, 1.82) is 0 Å². The number of esters is 1. The third-order valence-electron chi connectivity index (χ3n) is 0.893. The molecule has 0 aromatic carbocycles. The fourth-order valence-corrected chi connectivity index (χ4v) is 0.455. The summed E-state index contributed by atoms with van der Waals surface area (Å²) in [6, 6.07) is 0. The lowest BCUT2D eigenvalue weighted by atomic mass is 10.3. The van der Waals surface area contributed by atoms with Gasteiger partial charge in [-0.2, -0.15) is 0 Å². The molecule has 2 N–H and O–H groups in total. The molecule has 0 unspecified atom stereocenters. The van der Waals surface area contributed by atoms with Gasteiger partial charge in [0.2, 0.25) is 0 Å². The van der Waals surface area contributed by atoms with Crippen LogP contribution >= 0.6 is 0 Å². The Labute approximate surface area is 59.4 Å². The Kier molecular flexibility index (Phi) is 6.11. The molecule has 4 heteroatoms. The van der Waals surface area contributed by atoms with Gasteiger partial charge in [0.25, 0.3) is 0 Å². The zero-order valence-electron chi connectivity index (χ0n) is 5.75. The van der Waals surface area contributed by atoms with Crippen LogP contribution in [0.15, 0.2) is 0 Å². The second-order valence-electron chi connectivity index (χ2n) is 1.77. The number of ether oxygens (including phenoxy) is 1. The lowest BCUT2D eigenvalue weighted by molar-refractivity contribution is -0.144. The van der Waals surface area contributed by atoms with Gasteiger partial charge in [0.1, 0.15) is 6.61 Å². The summed E-state index contributed by atoms with van der Waals surface area (Å²) in [5, 5.41) is 16.5. The summed E-state index contributed by atoms with van der Waals surface area (Å²) >= 11 is 0. The summed E-state index contributed by atoms with van der Waals surface area (Å²) < 4.78 is 4.49. The normalized spacial score (nSPS) is 9.40. The van der Waals surface area contributed by atoms with Crippen molar-refractivity contribution < 1.29 is 19.7 Å². The van der Waals surface area contributed by atoms with Crippen molar-refractivity contribution in [2.24, 2.45) is 0 Å². The van der Waals surface area contributed by atoms with Crippen LogP contribution in [0.3, 0.4) is 0 Å². The molecule has 0 aromatic rings. The Morgan fingerprint density at radius 2 is 2.00 bits per heavy atom. The van der Waals surface area contributed by atoms with E-state index in [9.17, 15) is 4.79 Å². The van der Waals surface area contributed by atoms with Crippen molar-refractivity contribution in [2.75, 3.05) is 19.8 Å². The molecule has 0 atom stereocenters. The van der Waals surface area contributed by atoms with E-state index in [1.54, 1.807) is 0 Å².